The van der Waals surface area contributed by atoms with E-state index in [0.717, 1.165) is 16.5 Å². The van der Waals surface area contributed by atoms with E-state index in [-0.39, 0.29) is 11.5 Å². The van der Waals surface area contributed by atoms with Crippen LogP contribution in [0.25, 0.3) is 10.9 Å². The second-order valence-corrected chi connectivity index (χ2v) is 6.41. The first-order valence-corrected chi connectivity index (χ1v) is 8.42. The highest BCUT2D eigenvalue weighted by molar-refractivity contribution is 7.12. The Morgan fingerprint density at radius 1 is 1.26 bits per heavy atom. The van der Waals surface area contributed by atoms with E-state index in [0.29, 0.717) is 23.5 Å². The van der Waals surface area contributed by atoms with Gasteiger partial charge in [-0.3, -0.25) is 9.59 Å². The number of carbonyl (C=O) groups is 1. The fourth-order valence-corrected chi connectivity index (χ4v) is 3.33. The number of carbonyl (C=O) groups excluding carboxylic acids is 1. The number of nitrogens with one attached hydrogen (secondary N) is 1. The van der Waals surface area contributed by atoms with Crippen molar-refractivity contribution in [2.45, 2.75) is 20.4 Å². The summed E-state index contributed by atoms with van der Waals surface area (Å²) in [6.07, 6.45) is 0. The summed E-state index contributed by atoms with van der Waals surface area (Å²) >= 11 is 1.42. The van der Waals surface area contributed by atoms with E-state index in [9.17, 15) is 9.59 Å². The van der Waals surface area contributed by atoms with Crippen molar-refractivity contribution in [1.82, 2.24) is 9.88 Å². The number of amides is 1. The molecular weight excluding hydrogens is 308 g/mol. The molecule has 5 heteroatoms. The van der Waals surface area contributed by atoms with Crippen molar-refractivity contribution >= 4 is 28.1 Å². The van der Waals surface area contributed by atoms with Crippen LogP contribution in [0.4, 0.5) is 0 Å². The zero-order valence-corrected chi connectivity index (χ0v) is 13.9. The maximum absolute atomic E-state index is 12.5. The summed E-state index contributed by atoms with van der Waals surface area (Å²) in [5, 5.41) is 2.87. The van der Waals surface area contributed by atoms with Crippen LogP contribution in [0, 0.1) is 6.92 Å². The molecule has 0 aliphatic rings. The van der Waals surface area contributed by atoms with Crippen molar-refractivity contribution in [2.24, 2.45) is 0 Å². The molecule has 2 heterocycles. The van der Waals surface area contributed by atoms with Crippen LogP contribution in [0.2, 0.25) is 0 Å². The lowest BCUT2D eigenvalue weighted by Crippen LogP contribution is -2.32. The van der Waals surface area contributed by atoms with E-state index in [1.165, 1.54) is 11.3 Å². The van der Waals surface area contributed by atoms with Crippen LogP contribution in [0.5, 0.6) is 0 Å². The number of aromatic nitrogens is 1. The number of thiophene rings is 1. The van der Waals surface area contributed by atoms with Crippen molar-refractivity contribution in [3.8, 4) is 0 Å². The van der Waals surface area contributed by atoms with Crippen LogP contribution < -0.4 is 5.56 Å². The third-order valence-corrected chi connectivity index (χ3v) is 4.78. The molecule has 1 aromatic carbocycles. The highest BCUT2D eigenvalue weighted by atomic mass is 32.1. The average Bonchev–Trinajstić information content (AvgIpc) is 3.07. The molecule has 0 unspecified atom stereocenters. The molecule has 0 radical (unpaired) electrons. The third-order valence-electron chi connectivity index (χ3n) is 3.93. The first kappa shape index (κ1) is 15.5. The van der Waals surface area contributed by atoms with E-state index >= 15 is 0 Å². The Hall–Kier alpha value is -2.40. The SMILES string of the molecule is CCN(Cc1cc2cccc(C)c2[nH]c1=O)C(=O)c1cccs1. The van der Waals surface area contributed by atoms with Gasteiger partial charge in [0.25, 0.3) is 11.5 Å². The lowest BCUT2D eigenvalue weighted by molar-refractivity contribution is 0.0757. The van der Waals surface area contributed by atoms with Gasteiger partial charge in [0, 0.05) is 12.1 Å². The Morgan fingerprint density at radius 3 is 2.78 bits per heavy atom. The van der Waals surface area contributed by atoms with Gasteiger partial charge in [-0.1, -0.05) is 24.3 Å². The van der Waals surface area contributed by atoms with Crippen LogP contribution >= 0.6 is 11.3 Å². The molecule has 3 rings (SSSR count). The van der Waals surface area contributed by atoms with Crippen LogP contribution in [0.3, 0.4) is 0 Å². The number of H-pyrrole nitrogens is 1. The van der Waals surface area contributed by atoms with Gasteiger partial charge in [-0.05, 0) is 42.3 Å². The molecule has 1 amide bonds. The smallest absolute Gasteiger partial charge is 0.264 e. The minimum atomic E-state index is -0.135. The Bertz CT molecular complexity index is 897. The Balaban J connectivity index is 1.95. The van der Waals surface area contributed by atoms with Crippen LogP contribution in [0.1, 0.15) is 27.7 Å². The Labute approximate surface area is 138 Å². The summed E-state index contributed by atoms with van der Waals surface area (Å²) in [6.45, 7) is 4.76. The van der Waals surface area contributed by atoms with Crippen molar-refractivity contribution in [3.63, 3.8) is 0 Å². The van der Waals surface area contributed by atoms with E-state index in [1.807, 2.05) is 55.6 Å². The van der Waals surface area contributed by atoms with Crippen molar-refractivity contribution in [1.29, 1.82) is 0 Å². The van der Waals surface area contributed by atoms with Crippen molar-refractivity contribution in [3.05, 3.63) is 68.1 Å². The fourth-order valence-electron chi connectivity index (χ4n) is 2.63. The summed E-state index contributed by atoms with van der Waals surface area (Å²) < 4.78 is 0. The highest BCUT2D eigenvalue weighted by Gasteiger charge is 2.17. The molecule has 0 fully saturated rings. The molecule has 0 aliphatic heterocycles. The molecule has 0 atom stereocenters. The molecule has 0 spiro atoms. The maximum atomic E-state index is 12.5. The molecule has 23 heavy (non-hydrogen) atoms. The molecule has 0 saturated carbocycles. The number of aryl methyl sites for hydroxylation is 1. The summed E-state index contributed by atoms with van der Waals surface area (Å²) in [5.41, 5.74) is 2.36. The average molecular weight is 326 g/mol. The van der Waals surface area contributed by atoms with Gasteiger partial charge in [0.05, 0.1) is 16.9 Å². The lowest BCUT2D eigenvalue weighted by atomic mass is 10.1. The normalized spacial score (nSPS) is 10.9. The zero-order valence-electron chi connectivity index (χ0n) is 13.1. The molecule has 2 aromatic heterocycles. The van der Waals surface area contributed by atoms with Gasteiger partial charge in [-0.25, -0.2) is 0 Å². The monoisotopic (exact) mass is 326 g/mol. The van der Waals surface area contributed by atoms with Gasteiger partial charge in [0.2, 0.25) is 0 Å². The van der Waals surface area contributed by atoms with Gasteiger partial charge in [0.15, 0.2) is 0 Å². The maximum Gasteiger partial charge on any atom is 0.264 e. The standard InChI is InChI=1S/C18H18N2O2S/c1-3-20(18(22)15-8-5-9-23-15)11-14-10-13-7-4-6-12(2)16(13)19-17(14)21/h4-10H,3,11H2,1-2H3,(H,19,21). The topological polar surface area (TPSA) is 53.2 Å². The number of fused-ring (bicyclic) bond motifs is 1. The minimum absolute atomic E-state index is 0.0359. The van der Waals surface area contributed by atoms with Crippen LogP contribution in [0.15, 0.2) is 46.6 Å². The summed E-state index contributed by atoms with van der Waals surface area (Å²) in [5.74, 6) is -0.0359. The highest BCUT2D eigenvalue weighted by Crippen LogP contribution is 2.17. The number of para-hydroxylation sites is 1. The molecule has 4 nitrogen and oxygen atoms in total. The van der Waals surface area contributed by atoms with Gasteiger partial charge in [-0.2, -0.15) is 0 Å². The number of aromatic amines is 1. The number of benzene rings is 1. The largest absolute Gasteiger partial charge is 0.334 e. The van der Waals surface area contributed by atoms with Crippen molar-refractivity contribution < 1.29 is 4.79 Å². The Kier molecular flexibility index (Phi) is 4.30. The Morgan fingerprint density at radius 2 is 2.09 bits per heavy atom. The second kappa shape index (κ2) is 6.38. The molecule has 0 saturated heterocycles. The van der Waals surface area contributed by atoms with E-state index in [2.05, 4.69) is 4.98 Å². The zero-order chi connectivity index (χ0) is 16.4. The van der Waals surface area contributed by atoms with E-state index in [4.69, 9.17) is 0 Å². The van der Waals surface area contributed by atoms with E-state index < -0.39 is 0 Å². The van der Waals surface area contributed by atoms with Crippen LogP contribution in [-0.2, 0) is 6.54 Å². The third kappa shape index (κ3) is 3.05. The van der Waals surface area contributed by atoms with Gasteiger partial charge in [-0.15, -0.1) is 11.3 Å². The van der Waals surface area contributed by atoms with Gasteiger partial charge in [0.1, 0.15) is 0 Å². The first-order valence-electron chi connectivity index (χ1n) is 7.54. The second-order valence-electron chi connectivity index (χ2n) is 5.46. The molecule has 3 aromatic rings. The van der Waals surface area contributed by atoms with Gasteiger partial charge < -0.3 is 9.88 Å². The van der Waals surface area contributed by atoms with E-state index in [1.54, 1.807) is 4.90 Å². The minimum Gasteiger partial charge on any atom is -0.334 e. The molecule has 1 N–H and O–H groups in total. The summed E-state index contributed by atoms with van der Waals surface area (Å²) in [4.78, 5) is 30.2. The predicted octanol–water partition coefficient (Wildman–Crippen LogP) is 3.56. The predicted molar refractivity (Wildman–Crippen MR) is 94.0 cm³/mol. The number of hydrogen-bond acceptors (Lipinski definition) is 3. The molecule has 0 bridgehead atoms. The summed E-state index contributed by atoms with van der Waals surface area (Å²) in [7, 11) is 0. The lowest BCUT2D eigenvalue weighted by Gasteiger charge is -2.20. The van der Waals surface area contributed by atoms with Gasteiger partial charge >= 0.3 is 0 Å². The fraction of sp³-hybridized carbons (Fsp3) is 0.222. The summed E-state index contributed by atoms with van der Waals surface area (Å²) in [6, 6.07) is 11.5. The molecular formula is C18H18N2O2S. The number of rotatable bonds is 4. The molecule has 0 aliphatic carbocycles. The number of nitrogens with zero attached hydrogens (tertiary/aromatic N) is 1. The van der Waals surface area contributed by atoms with Crippen molar-refractivity contribution in [2.75, 3.05) is 6.54 Å². The molecule has 118 valence electrons. The number of pyridine rings is 1. The number of hydrogen-bond donors (Lipinski definition) is 1. The first-order chi connectivity index (χ1) is 11.1. The quantitative estimate of drug-likeness (QED) is 0.797. The van der Waals surface area contributed by atoms with Crippen LogP contribution in [-0.4, -0.2) is 22.3 Å².